The number of nitrogens with one attached hydrogen (secondary N) is 1. The molecule has 0 saturated heterocycles. The molecular formula is C9H19NO2. The SMILES string of the molecule is CC(C)(C)ON[C@@H]1CCC[C@H]1O. The van der Waals surface area contributed by atoms with Gasteiger partial charge in [0.25, 0.3) is 0 Å². The zero-order chi connectivity index (χ0) is 9.19. The Kier molecular flexibility index (Phi) is 3.09. The van der Waals surface area contributed by atoms with Crippen molar-refractivity contribution in [2.75, 3.05) is 0 Å². The second-order valence-corrected chi connectivity index (χ2v) is 4.44. The van der Waals surface area contributed by atoms with Crippen molar-refractivity contribution in [3.05, 3.63) is 0 Å². The molecule has 1 rings (SSSR count). The lowest BCUT2D eigenvalue weighted by Gasteiger charge is -2.24. The van der Waals surface area contributed by atoms with Crippen LogP contribution in [0.25, 0.3) is 0 Å². The number of aliphatic hydroxyl groups excluding tert-OH is 1. The fourth-order valence-corrected chi connectivity index (χ4v) is 1.33. The van der Waals surface area contributed by atoms with Crippen LogP contribution in [0.4, 0.5) is 0 Å². The molecule has 0 bridgehead atoms. The van der Waals surface area contributed by atoms with E-state index in [-0.39, 0.29) is 17.7 Å². The van der Waals surface area contributed by atoms with Crippen molar-refractivity contribution in [3.63, 3.8) is 0 Å². The Hall–Kier alpha value is -0.120. The van der Waals surface area contributed by atoms with E-state index in [1.807, 2.05) is 20.8 Å². The quantitative estimate of drug-likeness (QED) is 0.617. The smallest absolute Gasteiger partial charge is 0.0813 e. The van der Waals surface area contributed by atoms with Crippen molar-refractivity contribution in [1.29, 1.82) is 0 Å². The molecule has 0 aromatic heterocycles. The predicted octanol–water partition coefficient (Wildman–Crippen LogP) is 1.22. The van der Waals surface area contributed by atoms with Crippen LogP contribution in [0.3, 0.4) is 0 Å². The molecule has 2 N–H and O–H groups in total. The van der Waals surface area contributed by atoms with Gasteiger partial charge in [0.05, 0.1) is 17.7 Å². The summed E-state index contributed by atoms with van der Waals surface area (Å²) in [5, 5.41) is 9.44. The van der Waals surface area contributed by atoms with Crippen molar-refractivity contribution in [2.24, 2.45) is 0 Å². The van der Waals surface area contributed by atoms with E-state index in [0.29, 0.717) is 0 Å². The molecule has 2 atom stereocenters. The zero-order valence-corrected chi connectivity index (χ0v) is 8.13. The third kappa shape index (κ3) is 3.09. The molecule has 12 heavy (non-hydrogen) atoms. The Morgan fingerprint density at radius 2 is 2.00 bits per heavy atom. The molecule has 1 saturated carbocycles. The summed E-state index contributed by atoms with van der Waals surface area (Å²) < 4.78 is 0. The highest BCUT2D eigenvalue weighted by Crippen LogP contribution is 2.19. The van der Waals surface area contributed by atoms with Crippen LogP contribution in [0.5, 0.6) is 0 Å². The molecule has 0 aliphatic heterocycles. The number of aliphatic hydroxyl groups is 1. The standard InChI is InChI=1S/C9H19NO2/c1-9(2,3)12-10-7-5-4-6-8(7)11/h7-8,10-11H,4-6H2,1-3H3/t7-,8-/m1/s1. The van der Waals surface area contributed by atoms with Crippen molar-refractivity contribution in [3.8, 4) is 0 Å². The Morgan fingerprint density at radius 3 is 2.42 bits per heavy atom. The lowest BCUT2D eigenvalue weighted by molar-refractivity contribution is -0.100. The van der Waals surface area contributed by atoms with Gasteiger partial charge in [-0.15, -0.1) is 0 Å². The van der Waals surface area contributed by atoms with Crippen LogP contribution >= 0.6 is 0 Å². The molecule has 1 aliphatic rings. The van der Waals surface area contributed by atoms with E-state index in [4.69, 9.17) is 4.84 Å². The van der Waals surface area contributed by atoms with Gasteiger partial charge < -0.3 is 5.11 Å². The van der Waals surface area contributed by atoms with E-state index in [1.54, 1.807) is 0 Å². The highest BCUT2D eigenvalue weighted by molar-refractivity contribution is 4.80. The van der Waals surface area contributed by atoms with E-state index >= 15 is 0 Å². The predicted molar refractivity (Wildman–Crippen MR) is 47.6 cm³/mol. The third-order valence-electron chi connectivity index (χ3n) is 2.00. The van der Waals surface area contributed by atoms with Crippen molar-refractivity contribution in [2.45, 2.75) is 57.8 Å². The monoisotopic (exact) mass is 173 g/mol. The molecule has 0 spiro atoms. The van der Waals surface area contributed by atoms with Gasteiger partial charge in [-0.25, -0.2) is 0 Å². The molecule has 3 nitrogen and oxygen atoms in total. The van der Waals surface area contributed by atoms with Gasteiger partial charge in [0.1, 0.15) is 0 Å². The first kappa shape index (κ1) is 9.96. The highest BCUT2D eigenvalue weighted by atomic mass is 16.7. The maximum Gasteiger partial charge on any atom is 0.0813 e. The van der Waals surface area contributed by atoms with Crippen molar-refractivity contribution >= 4 is 0 Å². The van der Waals surface area contributed by atoms with Gasteiger partial charge in [-0.05, 0) is 40.0 Å². The average Bonchev–Trinajstić information content (AvgIpc) is 2.29. The first-order chi connectivity index (χ1) is 5.49. The van der Waals surface area contributed by atoms with Crippen LogP contribution in [-0.4, -0.2) is 22.9 Å². The van der Waals surface area contributed by atoms with E-state index in [9.17, 15) is 5.11 Å². The number of hydrogen-bond donors (Lipinski definition) is 2. The minimum Gasteiger partial charge on any atom is -0.391 e. The Balaban J connectivity index is 2.23. The molecule has 1 fully saturated rings. The second kappa shape index (κ2) is 3.73. The fourth-order valence-electron chi connectivity index (χ4n) is 1.33. The molecular weight excluding hydrogens is 154 g/mol. The van der Waals surface area contributed by atoms with E-state index in [0.717, 1.165) is 19.3 Å². The summed E-state index contributed by atoms with van der Waals surface area (Å²) in [6, 6.07) is 0.129. The Labute approximate surface area is 74.1 Å². The second-order valence-electron chi connectivity index (χ2n) is 4.44. The molecule has 0 unspecified atom stereocenters. The first-order valence-corrected chi connectivity index (χ1v) is 4.60. The molecule has 0 aromatic rings. The van der Waals surface area contributed by atoms with E-state index < -0.39 is 0 Å². The first-order valence-electron chi connectivity index (χ1n) is 4.60. The van der Waals surface area contributed by atoms with Gasteiger partial charge in [0, 0.05) is 0 Å². The van der Waals surface area contributed by atoms with E-state index in [2.05, 4.69) is 5.48 Å². The Morgan fingerprint density at radius 1 is 1.33 bits per heavy atom. The van der Waals surface area contributed by atoms with Crippen LogP contribution in [0.1, 0.15) is 40.0 Å². The highest BCUT2D eigenvalue weighted by Gasteiger charge is 2.26. The molecule has 1 aliphatic carbocycles. The third-order valence-corrected chi connectivity index (χ3v) is 2.00. The maximum absolute atomic E-state index is 9.44. The largest absolute Gasteiger partial charge is 0.391 e. The molecule has 72 valence electrons. The maximum atomic E-state index is 9.44. The molecule has 0 radical (unpaired) electrons. The number of hydrogen-bond acceptors (Lipinski definition) is 3. The zero-order valence-electron chi connectivity index (χ0n) is 8.13. The summed E-state index contributed by atoms with van der Waals surface area (Å²) in [7, 11) is 0. The normalized spacial score (nSPS) is 31.0. The molecule has 0 aromatic carbocycles. The van der Waals surface area contributed by atoms with Gasteiger partial charge in [-0.1, -0.05) is 0 Å². The van der Waals surface area contributed by atoms with Gasteiger partial charge in [0.15, 0.2) is 0 Å². The summed E-state index contributed by atoms with van der Waals surface area (Å²) in [6.45, 7) is 5.96. The van der Waals surface area contributed by atoms with Crippen molar-refractivity contribution < 1.29 is 9.94 Å². The van der Waals surface area contributed by atoms with Crippen LogP contribution in [0.15, 0.2) is 0 Å². The summed E-state index contributed by atoms with van der Waals surface area (Å²) in [4.78, 5) is 5.37. The lowest BCUT2D eigenvalue weighted by atomic mass is 10.2. The fraction of sp³-hybridized carbons (Fsp3) is 1.00. The molecule has 0 heterocycles. The molecule has 3 heteroatoms. The topological polar surface area (TPSA) is 41.5 Å². The average molecular weight is 173 g/mol. The number of rotatable bonds is 2. The van der Waals surface area contributed by atoms with Gasteiger partial charge in [-0.3, -0.25) is 4.84 Å². The van der Waals surface area contributed by atoms with Gasteiger partial charge >= 0.3 is 0 Å². The summed E-state index contributed by atoms with van der Waals surface area (Å²) in [6.07, 6.45) is 2.77. The summed E-state index contributed by atoms with van der Waals surface area (Å²) in [5.74, 6) is 0. The summed E-state index contributed by atoms with van der Waals surface area (Å²) >= 11 is 0. The van der Waals surface area contributed by atoms with Crippen LogP contribution < -0.4 is 5.48 Å². The minimum atomic E-state index is -0.229. The summed E-state index contributed by atoms with van der Waals surface area (Å²) in [5.41, 5.74) is 2.74. The van der Waals surface area contributed by atoms with Gasteiger partial charge in [-0.2, -0.15) is 5.48 Å². The lowest BCUT2D eigenvalue weighted by Crippen LogP contribution is -2.40. The van der Waals surface area contributed by atoms with Gasteiger partial charge in [0.2, 0.25) is 0 Å². The Bertz CT molecular complexity index is 142. The van der Waals surface area contributed by atoms with Crippen LogP contribution in [-0.2, 0) is 4.84 Å². The van der Waals surface area contributed by atoms with Crippen molar-refractivity contribution in [1.82, 2.24) is 5.48 Å². The van der Waals surface area contributed by atoms with Crippen LogP contribution in [0.2, 0.25) is 0 Å². The minimum absolute atomic E-state index is 0.129. The molecule has 0 amide bonds. The van der Waals surface area contributed by atoms with Crippen LogP contribution in [0, 0.1) is 0 Å². The van der Waals surface area contributed by atoms with E-state index in [1.165, 1.54) is 0 Å². The number of hydroxylamine groups is 1.